The highest BCUT2D eigenvalue weighted by atomic mass is 31.2. The van der Waals surface area contributed by atoms with Crippen LogP contribution in [0.15, 0.2) is 0 Å². The Bertz CT molecular complexity index is 342. The van der Waals surface area contributed by atoms with Crippen LogP contribution in [0.5, 0.6) is 0 Å². The van der Waals surface area contributed by atoms with Crippen LogP contribution in [-0.4, -0.2) is 31.7 Å². The first-order chi connectivity index (χ1) is 9.49. The Kier molecular flexibility index (Phi) is 6.52. The second-order valence-electron chi connectivity index (χ2n) is 4.59. The second-order valence-corrected chi connectivity index (χ2v) is 6.21. The van der Waals surface area contributed by atoms with E-state index in [4.69, 9.17) is 4.52 Å². The third kappa shape index (κ3) is 8.65. The van der Waals surface area contributed by atoms with Gasteiger partial charge in [0.2, 0.25) is 0 Å². The Morgan fingerprint density at radius 1 is 0.857 bits per heavy atom. The number of rotatable bonds is 6. The first kappa shape index (κ1) is 18.7. The van der Waals surface area contributed by atoms with Crippen LogP contribution in [0.2, 0.25) is 0 Å². The lowest BCUT2D eigenvalue weighted by molar-refractivity contribution is -0.171. The van der Waals surface area contributed by atoms with Gasteiger partial charge in [-0.1, -0.05) is 19.3 Å². The maximum absolute atomic E-state index is 12.1. The third-order valence-electron chi connectivity index (χ3n) is 2.60. The van der Waals surface area contributed by atoms with Gasteiger partial charge in [-0.2, -0.15) is 26.3 Å². The maximum Gasteiger partial charge on any atom is 0.475 e. The number of phosphoric ester groups is 1. The van der Waals surface area contributed by atoms with Gasteiger partial charge >= 0.3 is 20.2 Å². The molecule has 1 aliphatic rings. The summed E-state index contributed by atoms with van der Waals surface area (Å²) in [5.74, 6) is 0. The molecule has 0 radical (unpaired) electrons. The van der Waals surface area contributed by atoms with Gasteiger partial charge in [-0.05, 0) is 12.8 Å². The van der Waals surface area contributed by atoms with Crippen molar-refractivity contribution in [1.82, 2.24) is 0 Å². The fourth-order valence-electron chi connectivity index (χ4n) is 1.76. The fourth-order valence-corrected chi connectivity index (χ4v) is 3.14. The van der Waals surface area contributed by atoms with Crippen LogP contribution in [0.4, 0.5) is 26.3 Å². The highest BCUT2D eigenvalue weighted by Crippen LogP contribution is 2.53. The van der Waals surface area contributed by atoms with E-state index in [-0.39, 0.29) is 0 Å². The van der Waals surface area contributed by atoms with E-state index in [1.165, 1.54) is 0 Å². The normalized spacial score (nSPS) is 19.0. The molecule has 0 saturated heterocycles. The molecule has 21 heavy (non-hydrogen) atoms. The second kappa shape index (κ2) is 7.30. The van der Waals surface area contributed by atoms with Crippen LogP contribution in [0, 0.1) is 0 Å². The monoisotopic (exact) mass is 344 g/mol. The van der Waals surface area contributed by atoms with Crippen molar-refractivity contribution in [3.05, 3.63) is 0 Å². The molecule has 126 valence electrons. The molecule has 0 bridgehead atoms. The number of hydrogen-bond acceptors (Lipinski definition) is 4. The SMILES string of the molecule is O=P(OCC(F)(F)F)(OCC(F)(F)F)OC1CCCCC1. The van der Waals surface area contributed by atoms with Crippen LogP contribution in [-0.2, 0) is 18.1 Å². The van der Waals surface area contributed by atoms with Gasteiger partial charge in [0.1, 0.15) is 0 Å². The lowest BCUT2D eigenvalue weighted by atomic mass is 9.98. The van der Waals surface area contributed by atoms with Gasteiger partial charge in [-0.15, -0.1) is 0 Å². The number of halogens is 6. The molecule has 1 fully saturated rings. The van der Waals surface area contributed by atoms with Crippen LogP contribution >= 0.6 is 7.82 Å². The molecule has 4 nitrogen and oxygen atoms in total. The average Bonchev–Trinajstić information content (AvgIpc) is 2.34. The number of phosphoric acid groups is 1. The summed E-state index contributed by atoms with van der Waals surface area (Å²) in [5, 5.41) is 0. The van der Waals surface area contributed by atoms with Crippen molar-refractivity contribution in [3.8, 4) is 0 Å². The summed E-state index contributed by atoms with van der Waals surface area (Å²) >= 11 is 0. The summed E-state index contributed by atoms with van der Waals surface area (Å²) < 4.78 is 97.0. The van der Waals surface area contributed by atoms with Gasteiger partial charge < -0.3 is 0 Å². The maximum atomic E-state index is 12.1. The van der Waals surface area contributed by atoms with Gasteiger partial charge in [0, 0.05) is 0 Å². The molecule has 0 spiro atoms. The minimum absolute atomic E-state index is 0.384. The van der Waals surface area contributed by atoms with Crippen molar-refractivity contribution < 1.29 is 44.5 Å². The molecule has 0 aromatic rings. The topological polar surface area (TPSA) is 44.8 Å². The lowest BCUT2D eigenvalue weighted by Gasteiger charge is -2.26. The van der Waals surface area contributed by atoms with Crippen LogP contribution < -0.4 is 0 Å². The van der Waals surface area contributed by atoms with Gasteiger partial charge in [-0.25, -0.2) is 4.57 Å². The number of alkyl halides is 6. The number of hydrogen-bond donors (Lipinski definition) is 0. The molecule has 1 saturated carbocycles. The molecule has 1 aliphatic carbocycles. The molecule has 0 atom stereocenters. The molecule has 0 aromatic carbocycles. The Morgan fingerprint density at radius 2 is 1.29 bits per heavy atom. The molecule has 11 heteroatoms. The predicted octanol–water partition coefficient (Wildman–Crippen LogP) is 4.60. The standard InChI is InChI=1S/C10H15F6O4P/c11-9(12,13)6-18-21(17,19-7-10(14,15)16)20-8-4-2-1-3-5-8/h8H,1-7H2. The smallest absolute Gasteiger partial charge is 0.284 e. The fraction of sp³-hybridized carbons (Fsp3) is 1.00. The molecular weight excluding hydrogens is 329 g/mol. The highest BCUT2D eigenvalue weighted by Gasteiger charge is 2.41. The Hall–Kier alpha value is -0.310. The predicted molar refractivity (Wildman–Crippen MR) is 59.6 cm³/mol. The molecule has 0 unspecified atom stereocenters. The van der Waals surface area contributed by atoms with E-state index in [0.717, 1.165) is 6.42 Å². The Morgan fingerprint density at radius 3 is 1.67 bits per heavy atom. The molecule has 0 aliphatic heterocycles. The van der Waals surface area contributed by atoms with Gasteiger partial charge in [0.15, 0.2) is 13.2 Å². The summed E-state index contributed by atoms with van der Waals surface area (Å²) in [6.45, 7) is -4.01. The zero-order valence-corrected chi connectivity index (χ0v) is 11.8. The van der Waals surface area contributed by atoms with E-state index in [1.807, 2.05) is 0 Å². The molecule has 0 amide bonds. The quantitative estimate of drug-likeness (QED) is 0.522. The Labute approximate surface area is 117 Å². The van der Waals surface area contributed by atoms with Gasteiger partial charge in [-0.3, -0.25) is 13.6 Å². The van der Waals surface area contributed by atoms with Crippen LogP contribution in [0.25, 0.3) is 0 Å². The summed E-state index contributed by atoms with van der Waals surface area (Å²) in [6.07, 6.45) is -7.43. The van der Waals surface area contributed by atoms with E-state index >= 15 is 0 Å². The van der Waals surface area contributed by atoms with Crippen molar-refractivity contribution in [2.45, 2.75) is 50.6 Å². The van der Waals surface area contributed by atoms with Crippen molar-refractivity contribution in [2.24, 2.45) is 0 Å². The van der Waals surface area contributed by atoms with Crippen molar-refractivity contribution in [3.63, 3.8) is 0 Å². The van der Waals surface area contributed by atoms with Crippen molar-refractivity contribution in [1.29, 1.82) is 0 Å². The third-order valence-corrected chi connectivity index (χ3v) is 4.05. The highest BCUT2D eigenvalue weighted by molar-refractivity contribution is 7.48. The summed E-state index contributed by atoms with van der Waals surface area (Å²) in [5.41, 5.74) is 0. The summed E-state index contributed by atoms with van der Waals surface area (Å²) in [7, 11) is -4.92. The van der Waals surface area contributed by atoms with Gasteiger partial charge in [0.25, 0.3) is 0 Å². The van der Waals surface area contributed by atoms with Crippen molar-refractivity contribution in [2.75, 3.05) is 13.2 Å². The molecule has 0 N–H and O–H groups in total. The molecule has 0 aromatic heterocycles. The summed E-state index contributed by atoms with van der Waals surface area (Å²) in [4.78, 5) is 0. The average molecular weight is 344 g/mol. The molecular formula is C10H15F6O4P. The minimum Gasteiger partial charge on any atom is -0.284 e. The van der Waals surface area contributed by atoms with Gasteiger partial charge in [0.05, 0.1) is 6.10 Å². The first-order valence-corrected chi connectivity index (χ1v) is 7.66. The zero-order chi connectivity index (χ0) is 16.1. The van der Waals surface area contributed by atoms with E-state index in [0.29, 0.717) is 25.7 Å². The Balaban J connectivity index is 2.65. The minimum atomic E-state index is -4.92. The first-order valence-electron chi connectivity index (χ1n) is 6.20. The van der Waals surface area contributed by atoms with Crippen LogP contribution in [0.3, 0.4) is 0 Å². The van der Waals surface area contributed by atoms with E-state index in [2.05, 4.69) is 9.05 Å². The van der Waals surface area contributed by atoms with E-state index in [9.17, 15) is 30.9 Å². The zero-order valence-electron chi connectivity index (χ0n) is 10.9. The largest absolute Gasteiger partial charge is 0.475 e. The molecule has 1 rings (SSSR count). The van der Waals surface area contributed by atoms with E-state index < -0.39 is 39.5 Å². The van der Waals surface area contributed by atoms with Crippen molar-refractivity contribution >= 4 is 7.82 Å². The summed E-state index contributed by atoms with van der Waals surface area (Å²) in [6, 6.07) is 0. The lowest BCUT2D eigenvalue weighted by Crippen LogP contribution is -2.23. The van der Waals surface area contributed by atoms with Crippen LogP contribution in [0.1, 0.15) is 32.1 Å². The molecule has 0 heterocycles. The van der Waals surface area contributed by atoms with E-state index in [1.54, 1.807) is 0 Å².